The minimum absolute atomic E-state index is 0.0333. The predicted molar refractivity (Wildman–Crippen MR) is 96.6 cm³/mol. The van der Waals surface area contributed by atoms with Crippen LogP contribution in [0.5, 0.6) is 5.75 Å². The highest BCUT2D eigenvalue weighted by Gasteiger charge is 2.38. The molecule has 6 nitrogen and oxygen atoms in total. The molecule has 26 heavy (non-hydrogen) atoms. The van der Waals surface area contributed by atoms with Crippen LogP contribution < -0.4 is 15.4 Å². The lowest BCUT2D eigenvalue weighted by Gasteiger charge is -2.28. The van der Waals surface area contributed by atoms with E-state index in [0.29, 0.717) is 38.6 Å². The number of rotatable bonds is 8. The van der Waals surface area contributed by atoms with Crippen LogP contribution in [0, 0.1) is 0 Å². The second-order valence-corrected chi connectivity index (χ2v) is 6.67. The monoisotopic (exact) mass is 356 g/mol. The van der Waals surface area contributed by atoms with Crippen molar-refractivity contribution in [2.75, 3.05) is 7.11 Å². The maximum absolute atomic E-state index is 12.3. The number of ether oxygens (including phenoxy) is 1. The van der Waals surface area contributed by atoms with Crippen LogP contribution in [0.15, 0.2) is 47.1 Å². The zero-order chi connectivity index (χ0) is 18.4. The van der Waals surface area contributed by atoms with E-state index in [0.717, 1.165) is 17.1 Å². The molecule has 2 amide bonds. The summed E-state index contributed by atoms with van der Waals surface area (Å²) in [6.07, 6.45) is 4.36. The van der Waals surface area contributed by atoms with Gasteiger partial charge in [0.15, 0.2) is 0 Å². The van der Waals surface area contributed by atoms with Crippen molar-refractivity contribution in [1.29, 1.82) is 0 Å². The summed E-state index contributed by atoms with van der Waals surface area (Å²) in [6, 6.07) is 11.3. The molecular weight excluding hydrogens is 332 g/mol. The molecule has 1 atom stereocenters. The van der Waals surface area contributed by atoms with Crippen LogP contribution in [0.3, 0.4) is 0 Å². The van der Waals surface area contributed by atoms with Gasteiger partial charge in [0.25, 0.3) is 0 Å². The Morgan fingerprint density at radius 1 is 1.31 bits per heavy atom. The fraction of sp³-hybridized carbons (Fsp3) is 0.400. The van der Waals surface area contributed by atoms with E-state index in [1.54, 1.807) is 13.4 Å². The van der Waals surface area contributed by atoms with Crippen LogP contribution in [-0.2, 0) is 22.6 Å². The standard InChI is InChI=1S/C20H24N2O4/c1-25-17-7-3-2-5-15(17)14-21-18(23)8-10-20(11-9-19(24)22-20)13-16-6-4-12-26-16/h2-7,12H,8-11,13-14H2,1H3,(H,21,23)(H,22,24). The lowest BCUT2D eigenvalue weighted by atomic mass is 9.87. The summed E-state index contributed by atoms with van der Waals surface area (Å²) in [5, 5.41) is 5.98. The van der Waals surface area contributed by atoms with Crippen molar-refractivity contribution in [2.24, 2.45) is 0 Å². The fourth-order valence-corrected chi connectivity index (χ4v) is 3.41. The molecule has 0 saturated carbocycles. The molecular formula is C20H24N2O4. The Balaban J connectivity index is 1.55. The van der Waals surface area contributed by atoms with Crippen molar-refractivity contribution in [1.82, 2.24) is 10.6 Å². The number of nitrogens with one attached hydrogen (secondary N) is 2. The molecule has 0 aliphatic carbocycles. The summed E-state index contributed by atoms with van der Waals surface area (Å²) in [5.41, 5.74) is 0.527. The molecule has 1 unspecified atom stereocenters. The van der Waals surface area contributed by atoms with Crippen molar-refractivity contribution >= 4 is 11.8 Å². The number of carbonyl (C=O) groups excluding carboxylic acids is 2. The molecule has 138 valence electrons. The Morgan fingerprint density at radius 2 is 2.15 bits per heavy atom. The van der Waals surface area contributed by atoms with Crippen molar-refractivity contribution < 1.29 is 18.7 Å². The highest BCUT2D eigenvalue weighted by molar-refractivity contribution is 5.80. The summed E-state index contributed by atoms with van der Waals surface area (Å²) in [7, 11) is 1.61. The van der Waals surface area contributed by atoms with E-state index in [4.69, 9.17) is 9.15 Å². The van der Waals surface area contributed by atoms with Crippen molar-refractivity contribution in [3.8, 4) is 5.75 Å². The highest BCUT2D eigenvalue weighted by atomic mass is 16.5. The van der Waals surface area contributed by atoms with Crippen molar-refractivity contribution in [3.05, 3.63) is 54.0 Å². The maximum Gasteiger partial charge on any atom is 0.220 e. The first-order valence-corrected chi connectivity index (χ1v) is 8.82. The number of furan rings is 1. The van der Waals surface area contributed by atoms with Crippen molar-refractivity contribution in [2.45, 2.75) is 44.2 Å². The first-order valence-electron chi connectivity index (χ1n) is 8.82. The molecule has 1 aromatic heterocycles. The largest absolute Gasteiger partial charge is 0.496 e. The zero-order valence-electron chi connectivity index (χ0n) is 14.9. The normalized spacial score (nSPS) is 19.2. The predicted octanol–water partition coefficient (Wildman–Crippen LogP) is 2.58. The molecule has 2 heterocycles. The Morgan fingerprint density at radius 3 is 2.85 bits per heavy atom. The number of methoxy groups -OCH3 is 1. The first kappa shape index (κ1) is 18.0. The van der Waals surface area contributed by atoms with Gasteiger partial charge in [0.2, 0.25) is 11.8 Å². The Labute approximate surface area is 152 Å². The van der Waals surface area contributed by atoms with Gasteiger partial charge in [-0.05, 0) is 31.0 Å². The van der Waals surface area contributed by atoms with Gasteiger partial charge in [-0.3, -0.25) is 9.59 Å². The lowest BCUT2D eigenvalue weighted by molar-refractivity contribution is -0.122. The lowest BCUT2D eigenvalue weighted by Crippen LogP contribution is -2.44. The molecule has 0 bridgehead atoms. The number of para-hydroxylation sites is 1. The van der Waals surface area contributed by atoms with Gasteiger partial charge in [0.05, 0.1) is 13.4 Å². The van der Waals surface area contributed by atoms with Gasteiger partial charge in [-0.1, -0.05) is 18.2 Å². The van der Waals surface area contributed by atoms with Gasteiger partial charge in [0, 0.05) is 36.9 Å². The smallest absolute Gasteiger partial charge is 0.220 e. The van der Waals surface area contributed by atoms with E-state index in [-0.39, 0.29) is 11.8 Å². The number of hydrogen-bond donors (Lipinski definition) is 2. The second-order valence-electron chi connectivity index (χ2n) is 6.67. The minimum Gasteiger partial charge on any atom is -0.496 e. The van der Waals surface area contributed by atoms with Crippen LogP contribution in [-0.4, -0.2) is 24.5 Å². The van der Waals surface area contributed by atoms with E-state index >= 15 is 0 Å². The third-order valence-electron chi connectivity index (χ3n) is 4.83. The topological polar surface area (TPSA) is 80.6 Å². The molecule has 1 fully saturated rings. The molecule has 0 radical (unpaired) electrons. The molecule has 0 spiro atoms. The summed E-state index contributed by atoms with van der Waals surface area (Å²) in [5.74, 6) is 1.56. The SMILES string of the molecule is COc1ccccc1CNC(=O)CCC1(Cc2ccco2)CCC(=O)N1. The fourth-order valence-electron chi connectivity index (χ4n) is 3.41. The summed E-state index contributed by atoms with van der Waals surface area (Å²) < 4.78 is 10.7. The number of hydrogen-bond acceptors (Lipinski definition) is 4. The summed E-state index contributed by atoms with van der Waals surface area (Å²) in [6.45, 7) is 0.417. The van der Waals surface area contributed by atoms with Crippen LogP contribution in [0.2, 0.25) is 0 Å². The van der Waals surface area contributed by atoms with E-state index in [1.807, 2.05) is 36.4 Å². The van der Waals surface area contributed by atoms with Crippen molar-refractivity contribution in [3.63, 3.8) is 0 Å². The molecule has 6 heteroatoms. The Bertz CT molecular complexity index is 757. The van der Waals surface area contributed by atoms with Gasteiger partial charge in [-0.15, -0.1) is 0 Å². The van der Waals surface area contributed by atoms with Gasteiger partial charge < -0.3 is 19.8 Å². The van der Waals surface area contributed by atoms with Gasteiger partial charge in [-0.25, -0.2) is 0 Å². The van der Waals surface area contributed by atoms with E-state index in [2.05, 4.69) is 10.6 Å². The molecule has 1 aliphatic rings. The van der Waals surface area contributed by atoms with Gasteiger partial charge >= 0.3 is 0 Å². The Kier molecular flexibility index (Phi) is 5.61. The molecule has 1 saturated heterocycles. The second kappa shape index (κ2) is 8.08. The Hall–Kier alpha value is -2.76. The highest BCUT2D eigenvalue weighted by Crippen LogP contribution is 2.29. The molecule has 3 rings (SSSR count). The van der Waals surface area contributed by atoms with E-state index in [9.17, 15) is 9.59 Å². The first-order chi connectivity index (χ1) is 12.6. The van der Waals surface area contributed by atoms with E-state index in [1.165, 1.54) is 0 Å². The quantitative estimate of drug-likeness (QED) is 0.762. The van der Waals surface area contributed by atoms with Gasteiger partial charge in [-0.2, -0.15) is 0 Å². The number of amides is 2. The molecule has 2 aromatic rings. The molecule has 2 N–H and O–H groups in total. The summed E-state index contributed by atoms with van der Waals surface area (Å²) >= 11 is 0. The minimum atomic E-state index is -0.406. The number of carbonyl (C=O) groups is 2. The average molecular weight is 356 g/mol. The molecule has 1 aromatic carbocycles. The zero-order valence-corrected chi connectivity index (χ0v) is 14.9. The van der Waals surface area contributed by atoms with Gasteiger partial charge in [0.1, 0.15) is 11.5 Å². The third-order valence-corrected chi connectivity index (χ3v) is 4.83. The maximum atomic E-state index is 12.3. The molecule has 1 aliphatic heterocycles. The number of benzene rings is 1. The average Bonchev–Trinajstić information content (AvgIpc) is 3.29. The third kappa shape index (κ3) is 4.45. The van der Waals surface area contributed by atoms with E-state index < -0.39 is 5.54 Å². The van der Waals surface area contributed by atoms with Crippen LogP contribution in [0.1, 0.15) is 37.0 Å². The van der Waals surface area contributed by atoms with Crippen LogP contribution in [0.25, 0.3) is 0 Å². The van der Waals surface area contributed by atoms with Crippen LogP contribution in [0.4, 0.5) is 0 Å². The summed E-state index contributed by atoms with van der Waals surface area (Å²) in [4.78, 5) is 24.1. The van der Waals surface area contributed by atoms with Crippen LogP contribution >= 0.6 is 0 Å².